The predicted molar refractivity (Wildman–Crippen MR) is 50.3 cm³/mol. The van der Waals surface area contributed by atoms with E-state index in [0.29, 0.717) is 11.2 Å². The molecule has 0 fully saturated rings. The maximum absolute atomic E-state index is 8.40. The van der Waals surface area contributed by atoms with Gasteiger partial charge in [-0.15, -0.1) is 0 Å². The van der Waals surface area contributed by atoms with E-state index in [2.05, 4.69) is 20.8 Å². The number of hydrogen-bond donors (Lipinski definition) is 1. The highest BCUT2D eigenvalue weighted by atomic mass is 32.2. The fraction of sp³-hybridized carbons (Fsp3) is 0.875. The third-order valence-corrected chi connectivity index (χ3v) is 3.27. The van der Waals surface area contributed by atoms with Gasteiger partial charge in [0.2, 0.25) is 0 Å². The van der Waals surface area contributed by atoms with E-state index in [1.807, 2.05) is 6.07 Å². The van der Waals surface area contributed by atoms with Gasteiger partial charge in [-0.05, 0) is 5.92 Å². The zero-order valence-electron chi connectivity index (χ0n) is 7.37. The van der Waals surface area contributed by atoms with Gasteiger partial charge in [-0.1, -0.05) is 20.8 Å². The monoisotopic (exact) mass is 172 g/mol. The molecule has 0 aromatic heterocycles. The van der Waals surface area contributed by atoms with Gasteiger partial charge in [-0.3, -0.25) is 0 Å². The van der Waals surface area contributed by atoms with E-state index in [1.54, 1.807) is 11.8 Å². The third kappa shape index (κ3) is 5.11. The number of nitrogens with zero attached hydrogens (tertiary/aromatic N) is 1. The third-order valence-electron chi connectivity index (χ3n) is 1.64. The lowest BCUT2D eigenvalue weighted by Crippen LogP contribution is -2.22. The van der Waals surface area contributed by atoms with Gasteiger partial charge in [0, 0.05) is 11.0 Å². The van der Waals surface area contributed by atoms with Crippen molar-refractivity contribution >= 4 is 11.8 Å². The Labute approximate surface area is 73.1 Å². The fourth-order valence-corrected chi connectivity index (χ4v) is 1.46. The van der Waals surface area contributed by atoms with Crippen molar-refractivity contribution in [3.63, 3.8) is 0 Å². The molecule has 0 saturated heterocycles. The average Bonchev–Trinajstić information content (AvgIpc) is 1.99. The largest absolute Gasteiger partial charge is 0.315 e. The molecule has 2 N–H and O–H groups in total. The van der Waals surface area contributed by atoms with Crippen molar-refractivity contribution in [2.45, 2.75) is 32.1 Å². The van der Waals surface area contributed by atoms with Crippen molar-refractivity contribution in [2.24, 2.45) is 11.7 Å². The summed E-state index contributed by atoms with van der Waals surface area (Å²) >= 11 is 1.77. The lowest BCUT2D eigenvalue weighted by molar-refractivity contribution is 0.641. The molecule has 2 atom stereocenters. The molecule has 64 valence electrons. The molecule has 3 heteroatoms. The van der Waals surface area contributed by atoms with Crippen LogP contribution in [0.5, 0.6) is 0 Å². The van der Waals surface area contributed by atoms with Crippen LogP contribution < -0.4 is 5.73 Å². The minimum atomic E-state index is -0.304. The number of nitriles is 1. The Morgan fingerprint density at radius 3 is 2.36 bits per heavy atom. The topological polar surface area (TPSA) is 49.8 Å². The van der Waals surface area contributed by atoms with Crippen LogP contribution in [0, 0.1) is 17.2 Å². The zero-order chi connectivity index (χ0) is 8.85. The van der Waals surface area contributed by atoms with Crippen molar-refractivity contribution < 1.29 is 0 Å². The summed E-state index contributed by atoms with van der Waals surface area (Å²) in [6.07, 6.45) is 0. The smallest absolute Gasteiger partial charge is 0.102 e. The maximum atomic E-state index is 8.40. The molecule has 0 amide bonds. The van der Waals surface area contributed by atoms with Crippen LogP contribution in [-0.4, -0.2) is 17.0 Å². The van der Waals surface area contributed by atoms with E-state index < -0.39 is 0 Å². The molecule has 0 saturated carbocycles. The molecule has 2 nitrogen and oxygen atoms in total. The minimum Gasteiger partial charge on any atom is -0.315 e. The van der Waals surface area contributed by atoms with Crippen LogP contribution in [0.1, 0.15) is 20.8 Å². The average molecular weight is 172 g/mol. The highest BCUT2D eigenvalue weighted by Gasteiger charge is 2.09. The first-order valence-corrected chi connectivity index (χ1v) is 4.89. The van der Waals surface area contributed by atoms with Gasteiger partial charge in [0.1, 0.15) is 6.04 Å². The Hall–Kier alpha value is -0.200. The van der Waals surface area contributed by atoms with Crippen LogP contribution in [0.3, 0.4) is 0 Å². The van der Waals surface area contributed by atoms with Crippen LogP contribution in [0.15, 0.2) is 0 Å². The highest BCUT2D eigenvalue weighted by Crippen LogP contribution is 2.18. The quantitative estimate of drug-likeness (QED) is 0.701. The van der Waals surface area contributed by atoms with Crippen LogP contribution >= 0.6 is 11.8 Å². The molecule has 0 aliphatic rings. The summed E-state index contributed by atoms with van der Waals surface area (Å²) < 4.78 is 0. The number of rotatable bonds is 4. The standard InChI is InChI=1S/C8H16N2S/c1-6(2)7(3)11-5-8(10)4-9/h6-8H,5,10H2,1-3H3. The molecule has 0 aliphatic carbocycles. The summed E-state index contributed by atoms with van der Waals surface area (Å²) in [5.41, 5.74) is 5.44. The van der Waals surface area contributed by atoms with E-state index in [4.69, 9.17) is 11.0 Å². The Kier molecular flexibility index (Phi) is 5.35. The number of nitrogens with two attached hydrogens (primary N) is 1. The molecule has 0 rings (SSSR count). The van der Waals surface area contributed by atoms with Gasteiger partial charge in [-0.2, -0.15) is 17.0 Å². The first-order chi connectivity index (χ1) is 5.07. The molecule has 11 heavy (non-hydrogen) atoms. The summed E-state index contributed by atoms with van der Waals surface area (Å²) in [5.74, 6) is 1.40. The van der Waals surface area contributed by atoms with E-state index in [0.717, 1.165) is 5.75 Å². The van der Waals surface area contributed by atoms with Crippen LogP contribution in [0.4, 0.5) is 0 Å². The number of hydrogen-bond acceptors (Lipinski definition) is 3. The van der Waals surface area contributed by atoms with Crippen molar-refractivity contribution in [3.8, 4) is 6.07 Å². The first kappa shape index (κ1) is 10.8. The summed E-state index contributed by atoms with van der Waals surface area (Å²) in [4.78, 5) is 0. The Bertz CT molecular complexity index is 140. The maximum Gasteiger partial charge on any atom is 0.102 e. The summed E-state index contributed by atoms with van der Waals surface area (Å²) in [5, 5.41) is 8.99. The zero-order valence-corrected chi connectivity index (χ0v) is 8.19. The molecule has 0 spiro atoms. The van der Waals surface area contributed by atoms with Gasteiger partial charge < -0.3 is 5.73 Å². The molecular weight excluding hydrogens is 156 g/mol. The van der Waals surface area contributed by atoms with Crippen molar-refractivity contribution in [1.29, 1.82) is 5.26 Å². The lowest BCUT2D eigenvalue weighted by atomic mass is 10.2. The molecule has 0 aromatic carbocycles. The van der Waals surface area contributed by atoms with Gasteiger partial charge >= 0.3 is 0 Å². The normalized spacial score (nSPS) is 16.0. The summed E-state index contributed by atoms with van der Waals surface area (Å²) in [6.45, 7) is 6.52. The highest BCUT2D eigenvalue weighted by molar-refractivity contribution is 7.99. The van der Waals surface area contributed by atoms with Crippen LogP contribution in [0.25, 0.3) is 0 Å². The molecule has 2 unspecified atom stereocenters. The molecule has 0 radical (unpaired) electrons. The van der Waals surface area contributed by atoms with E-state index in [-0.39, 0.29) is 6.04 Å². The van der Waals surface area contributed by atoms with Crippen LogP contribution in [-0.2, 0) is 0 Å². The molecule has 0 aromatic rings. The summed E-state index contributed by atoms with van der Waals surface area (Å²) in [6, 6.07) is 1.71. The van der Waals surface area contributed by atoms with Gasteiger partial charge in [-0.25, -0.2) is 0 Å². The van der Waals surface area contributed by atoms with Crippen molar-refractivity contribution in [1.82, 2.24) is 0 Å². The van der Waals surface area contributed by atoms with E-state index in [1.165, 1.54) is 0 Å². The molecule has 0 bridgehead atoms. The predicted octanol–water partition coefficient (Wildman–Crippen LogP) is 1.61. The first-order valence-electron chi connectivity index (χ1n) is 3.84. The van der Waals surface area contributed by atoms with Gasteiger partial charge in [0.15, 0.2) is 0 Å². The van der Waals surface area contributed by atoms with Gasteiger partial charge in [0.25, 0.3) is 0 Å². The SMILES string of the molecule is CC(C)C(C)SCC(N)C#N. The second kappa shape index (κ2) is 5.45. The second-order valence-electron chi connectivity index (χ2n) is 3.02. The van der Waals surface area contributed by atoms with E-state index in [9.17, 15) is 0 Å². The van der Waals surface area contributed by atoms with Crippen LogP contribution in [0.2, 0.25) is 0 Å². The second-order valence-corrected chi connectivity index (χ2v) is 4.43. The Morgan fingerprint density at radius 1 is 1.45 bits per heavy atom. The van der Waals surface area contributed by atoms with Gasteiger partial charge in [0.05, 0.1) is 6.07 Å². The van der Waals surface area contributed by atoms with Crippen molar-refractivity contribution in [2.75, 3.05) is 5.75 Å². The van der Waals surface area contributed by atoms with E-state index >= 15 is 0 Å². The lowest BCUT2D eigenvalue weighted by Gasteiger charge is -2.14. The summed E-state index contributed by atoms with van der Waals surface area (Å²) in [7, 11) is 0. The van der Waals surface area contributed by atoms with Crippen molar-refractivity contribution in [3.05, 3.63) is 0 Å². The number of thioether (sulfide) groups is 1. The molecule has 0 aliphatic heterocycles. The minimum absolute atomic E-state index is 0.304. The fourth-order valence-electron chi connectivity index (χ4n) is 0.485. The Morgan fingerprint density at radius 2 is 2.00 bits per heavy atom. The Balaban J connectivity index is 3.47. The molecular formula is C8H16N2S. The molecule has 0 heterocycles.